The Morgan fingerprint density at radius 1 is 1.21 bits per heavy atom. The number of aromatic nitrogens is 1. The maximum Gasteiger partial charge on any atom is 0.270 e. The second kappa shape index (κ2) is 10.1. The Morgan fingerprint density at radius 2 is 1.86 bits per heavy atom. The van der Waals surface area contributed by atoms with E-state index in [0.717, 1.165) is 24.2 Å². The zero-order chi connectivity index (χ0) is 21.7. The van der Waals surface area contributed by atoms with E-state index in [-0.39, 0.29) is 17.0 Å². The number of thioether (sulfide) groups is 1. The molecule has 1 aliphatic heterocycles. The number of anilines is 1. The summed E-state index contributed by atoms with van der Waals surface area (Å²) in [6, 6.07) is 2.05. The molecular formula is C21H28N4O2S2. The predicted molar refractivity (Wildman–Crippen MR) is 124 cm³/mol. The Hall–Kier alpha value is -2.11. The lowest BCUT2D eigenvalue weighted by atomic mass is 10.0. The third-order valence-corrected chi connectivity index (χ3v) is 6.49. The van der Waals surface area contributed by atoms with Crippen molar-refractivity contribution < 1.29 is 4.79 Å². The van der Waals surface area contributed by atoms with Crippen LogP contribution in [0.5, 0.6) is 0 Å². The van der Waals surface area contributed by atoms with Gasteiger partial charge in [0.2, 0.25) is 0 Å². The summed E-state index contributed by atoms with van der Waals surface area (Å²) in [4.78, 5) is 30.1. The molecule has 1 aromatic rings. The first-order valence-electron chi connectivity index (χ1n) is 10.0. The fraction of sp³-hybridized carbons (Fsp3) is 0.524. The summed E-state index contributed by atoms with van der Waals surface area (Å²) < 4.78 is 2.18. The molecule has 1 aliphatic rings. The van der Waals surface area contributed by atoms with Gasteiger partial charge in [0.15, 0.2) is 0 Å². The quantitative estimate of drug-likeness (QED) is 0.458. The summed E-state index contributed by atoms with van der Waals surface area (Å²) in [6.07, 6.45) is 3.68. The van der Waals surface area contributed by atoms with E-state index in [0.29, 0.717) is 41.0 Å². The molecule has 1 fully saturated rings. The average Bonchev–Trinajstić information content (AvgIpc) is 2.97. The van der Waals surface area contributed by atoms with Crippen molar-refractivity contribution in [3.63, 3.8) is 0 Å². The molecule has 0 saturated carbocycles. The van der Waals surface area contributed by atoms with Crippen molar-refractivity contribution in [1.82, 2.24) is 9.47 Å². The number of thiocarbonyl (C=S) groups is 1. The summed E-state index contributed by atoms with van der Waals surface area (Å²) >= 11 is 6.70. The molecule has 2 heterocycles. The summed E-state index contributed by atoms with van der Waals surface area (Å²) in [5.74, 6) is 0.643. The highest BCUT2D eigenvalue weighted by molar-refractivity contribution is 8.26. The van der Waals surface area contributed by atoms with E-state index >= 15 is 0 Å². The molecule has 0 bridgehead atoms. The standard InChI is InChI=1S/C21H28N4O2S2/c1-6-10-11-25-20(27)17(29-21(25)28)12-15-14(5)16(13-22)19(26)24(9-4)18(15)23(7-2)8-3/h12H,6-11H2,1-5H3. The van der Waals surface area contributed by atoms with Gasteiger partial charge >= 0.3 is 0 Å². The van der Waals surface area contributed by atoms with Gasteiger partial charge in [0.25, 0.3) is 11.5 Å². The molecule has 1 amide bonds. The van der Waals surface area contributed by atoms with Crippen molar-refractivity contribution in [2.24, 2.45) is 0 Å². The van der Waals surface area contributed by atoms with Gasteiger partial charge in [-0.2, -0.15) is 5.26 Å². The predicted octanol–water partition coefficient (Wildman–Crippen LogP) is 3.90. The molecule has 1 saturated heterocycles. The number of carbonyl (C=O) groups is 1. The van der Waals surface area contributed by atoms with Crippen LogP contribution >= 0.6 is 24.0 Å². The first-order chi connectivity index (χ1) is 13.9. The first-order valence-corrected chi connectivity index (χ1v) is 11.3. The topological polar surface area (TPSA) is 69.3 Å². The molecule has 156 valence electrons. The van der Waals surface area contributed by atoms with E-state index in [9.17, 15) is 14.9 Å². The number of rotatable bonds is 8. The Morgan fingerprint density at radius 3 is 2.38 bits per heavy atom. The lowest BCUT2D eigenvalue weighted by molar-refractivity contribution is -0.122. The Labute approximate surface area is 182 Å². The molecule has 1 aromatic heterocycles. The average molecular weight is 433 g/mol. The van der Waals surface area contributed by atoms with Crippen LogP contribution in [-0.2, 0) is 11.3 Å². The van der Waals surface area contributed by atoms with Gasteiger partial charge in [0, 0.05) is 31.7 Å². The summed E-state index contributed by atoms with van der Waals surface area (Å²) in [5, 5.41) is 9.58. The molecule has 2 rings (SSSR count). The zero-order valence-electron chi connectivity index (χ0n) is 17.7. The third-order valence-electron chi connectivity index (χ3n) is 5.11. The van der Waals surface area contributed by atoms with Crippen LogP contribution in [-0.4, -0.2) is 39.3 Å². The van der Waals surface area contributed by atoms with Gasteiger partial charge in [-0.25, -0.2) is 0 Å². The van der Waals surface area contributed by atoms with Crippen LogP contribution in [0.2, 0.25) is 0 Å². The van der Waals surface area contributed by atoms with Crippen LogP contribution in [0.25, 0.3) is 6.08 Å². The van der Waals surface area contributed by atoms with Crippen molar-refractivity contribution in [1.29, 1.82) is 5.26 Å². The van der Waals surface area contributed by atoms with Crippen molar-refractivity contribution in [3.05, 3.63) is 31.9 Å². The number of amides is 1. The summed E-state index contributed by atoms with van der Waals surface area (Å²) in [7, 11) is 0. The molecule has 6 nitrogen and oxygen atoms in total. The summed E-state index contributed by atoms with van der Waals surface area (Å²) in [6.45, 7) is 12.3. The van der Waals surface area contributed by atoms with E-state index < -0.39 is 0 Å². The number of unbranched alkanes of at least 4 members (excludes halogenated alkanes) is 1. The normalized spacial score (nSPS) is 15.3. The number of nitriles is 1. The fourth-order valence-electron chi connectivity index (χ4n) is 3.44. The lowest BCUT2D eigenvalue weighted by Gasteiger charge is -2.28. The number of nitrogens with zero attached hydrogens (tertiary/aromatic N) is 4. The van der Waals surface area contributed by atoms with E-state index in [1.165, 1.54) is 11.8 Å². The maximum absolute atomic E-state index is 12.9. The van der Waals surface area contributed by atoms with Crippen LogP contribution < -0.4 is 10.5 Å². The molecule has 0 atom stereocenters. The van der Waals surface area contributed by atoms with Crippen LogP contribution in [0.3, 0.4) is 0 Å². The van der Waals surface area contributed by atoms with E-state index in [1.807, 2.05) is 20.8 Å². The van der Waals surface area contributed by atoms with Crippen LogP contribution in [0.4, 0.5) is 5.82 Å². The highest BCUT2D eigenvalue weighted by Crippen LogP contribution is 2.35. The maximum atomic E-state index is 12.9. The van der Waals surface area contributed by atoms with Crippen LogP contribution in [0, 0.1) is 18.3 Å². The first kappa shape index (κ1) is 23.2. The van der Waals surface area contributed by atoms with Gasteiger partial charge in [0.1, 0.15) is 21.8 Å². The van der Waals surface area contributed by atoms with Gasteiger partial charge in [-0.15, -0.1) is 0 Å². The number of hydrogen-bond donors (Lipinski definition) is 0. The molecule has 8 heteroatoms. The fourth-order valence-corrected chi connectivity index (χ4v) is 4.73. The Bertz CT molecular complexity index is 939. The van der Waals surface area contributed by atoms with Gasteiger partial charge in [-0.1, -0.05) is 37.3 Å². The van der Waals surface area contributed by atoms with E-state index in [2.05, 4.69) is 17.9 Å². The van der Waals surface area contributed by atoms with Gasteiger partial charge < -0.3 is 4.90 Å². The second-order valence-electron chi connectivity index (χ2n) is 6.76. The zero-order valence-corrected chi connectivity index (χ0v) is 19.4. The number of hydrogen-bond acceptors (Lipinski definition) is 6. The highest BCUT2D eigenvalue weighted by Gasteiger charge is 2.32. The summed E-state index contributed by atoms with van der Waals surface area (Å²) in [5.41, 5.74) is 1.17. The monoisotopic (exact) mass is 432 g/mol. The van der Waals surface area contributed by atoms with E-state index in [1.54, 1.807) is 22.5 Å². The van der Waals surface area contributed by atoms with Crippen molar-refractivity contribution in [3.8, 4) is 6.07 Å². The molecule has 0 unspecified atom stereocenters. The Kier molecular flexibility index (Phi) is 8.05. The third kappa shape index (κ3) is 4.41. The molecule has 0 radical (unpaired) electrons. The number of carbonyl (C=O) groups excluding carboxylic acids is 1. The highest BCUT2D eigenvalue weighted by atomic mass is 32.2. The Balaban J connectivity index is 2.73. The minimum atomic E-state index is -0.290. The molecule has 0 aliphatic carbocycles. The van der Waals surface area contributed by atoms with Gasteiger partial charge in [-0.3, -0.25) is 19.1 Å². The molecule has 0 aromatic carbocycles. The number of pyridine rings is 1. The van der Waals surface area contributed by atoms with Gasteiger partial charge in [0.05, 0.1) is 4.91 Å². The molecular weight excluding hydrogens is 404 g/mol. The lowest BCUT2D eigenvalue weighted by Crippen LogP contribution is -2.34. The van der Waals surface area contributed by atoms with E-state index in [4.69, 9.17) is 12.2 Å². The SMILES string of the molecule is CCCCN1C(=O)C(=Cc2c(C)c(C#N)c(=O)n(CC)c2N(CC)CC)SC1=S. The largest absolute Gasteiger partial charge is 0.358 e. The molecule has 0 N–H and O–H groups in total. The minimum absolute atomic E-state index is 0.105. The van der Waals surface area contributed by atoms with Crippen molar-refractivity contribution in [2.45, 2.75) is 54.0 Å². The van der Waals surface area contributed by atoms with Crippen molar-refractivity contribution in [2.75, 3.05) is 24.5 Å². The second-order valence-corrected chi connectivity index (χ2v) is 8.43. The van der Waals surface area contributed by atoms with Crippen LogP contribution in [0.15, 0.2) is 9.70 Å². The molecule has 29 heavy (non-hydrogen) atoms. The van der Waals surface area contributed by atoms with Crippen molar-refractivity contribution >= 4 is 46.1 Å². The smallest absolute Gasteiger partial charge is 0.270 e. The molecule has 0 spiro atoms. The van der Waals surface area contributed by atoms with Crippen LogP contribution in [0.1, 0.15) is 57.2 Å². The minimum Gasteiger partial charge on any atom is -0.358 e. The van der Waals surface area contributed by atoms with Gasteiger partial charge in [-0.05, 0) is 45.8 Å².